The van der Waals surface area contributed by atoms with E-state index >= 15 is 0 Å². The molecule has 0 aliphatic carbocycles. The molecule has 2 N–H and O–H groups in total. The number of nitrogens with two attached hydrogens (primary N) is 1. The normalized spacial score (nSPS) is 12.3. The van der Waals surface area contributed by atoms with E-state index in [4.69, 9.17) is 22.1 Å². The predicted molar refractivity (Wildman–Crippen MR) is 78.2 cm³/mol. The first-order valence-electron chi connectivity index (χ1n) is 5.66. The maximum atomic E-state index is 13.9. The Morgan fingerprint density at radius 3 is 2.68 bits per heavy atom. The summed E-state index contributed by atoms with van der Waals surface area (Å²) in [6.07, 6.45) is 0. The minimum absolute atomic E-state index is 0.113. The third-order valence-corrected chi connectivity index (χ3v) is 3.38. The van der Waals surface area contributed by atoms with Crippen molar-refractivity contribution in [2.45, 2.75) is 13.0 Å². The first kappa shape index (κ1) is 14.3. The maximum absolute atomic E-state index is 13.9. The molecule has 2 aromatic carbocycles. The molecule has 2 aromatic rings. The van der Waals surface area contributed by atoms with Crippen LogP contribution in [0, 0.1) is 5.82 Å². The lowest BCUT2D eigenvalue weighted by Crippen LogP contribution is -2.07. The summed E-state index contributed by atoms with van der Waals surface area (Å²) in [5.41, 5.74) is 6.41. The van der Waals surface area contributed by atoms with Crippen molar-refractivity contribution in [2.75, 3.05) is 0 Å². The average molecular weight is 345 g/mol. The van der Waals surface area contributed by atoms with Crippen LogP contribution in [0.4, 0.5) is 4.39 Å². The molecule has 100 valence electrons. The van der Waals surface area contributed by atoms with Gasteiger partial charge < -0.3 is 10.5 Å². The van der Waals surface area contributed by atoms with E-state index < -0.39 is 5.82 Å². The van der Waals surface area contributed by atoms with Gasteiger partial charge in [-0.1, -0.05) is 39.7 Å². The molecular formula is C14H12BrClFNO. The Kier molecular flexibility index (Phi) is 4.45. The molecule has 19 heavy (non-hydrogen) atoms. The van der Waals surface area contributed by atoms with E-state index in [-0.39, 0.29) is 11.8 Å². The highest BCUT2D eigenvalue weighted by molar-refractivity contribution is 9.10. The largest absolute Gasteiger partial charge is 0.452 e. The number of halogens is 3. The summed E-state index contributed by atoms with van der Waals surface area (Å²) in [6.45, 7) is 1.77. The Labute approximate surface area is 124 Å². The van der Waals surface area contributed by atoms with Crippen molar-refractivity contribution in [1.82, 2.24) is 0 Å². The molecule has 0 radical (unpaired) electrons. The second kappa shape index (κ2) is 5.90. The van der Waals surface area contributed by atoms with Gasteiger partial charge in [-0.2, -0.15) is 0 Å². The van der Waals surface area contributed by atoms with Crippen LogP contribution >= 0.6 is 27.5 Å². The van der Waals surface area contributed by atoms with Crippen molar-refractivity contribution in [3.63, 3.8) is 0 Å². The van der Waals surface area contributed by atoms with Gasteiger partial charge in [-0.25, -0.2) is 4.39 Å². The predicted octanol–water partition coefficient (Wildman–Crippen LogP) is 5.05. The van der Waals surface area contributed by atoms with Crippen molar-refractivity contribution in [3.05, 3.63) is 57.3 Å². The van der Waals surface area contributed by atoms with Gasteiger partial charge in [0, 0.05) is 16.1 Å². The van der Waals surface area contributed by atoms with Gasteiger partial charge in [0.2, 0.25) is 0 Å². The third kappa shape index (κ3) is 3.26. The first-order valence-corrected chi connectivity index (χ1v) is 6.83. The number of para-hydroxylation sites is 1. The van der Waals surface area contributed by atoms with E-state index in [0.717, 1.165) is 4.47 Å². The minimum atomic E-state index is -0.464. The van der Waals surface area contributed by atoms with Crippen LogP contribution in [0.5, 0.6) is 11.5 Å². The molecule has 5 heteroatoms. The van der Waals surface area contributed by atoms with Gasteiger partial charge in [-0.15, -0.1) is 0 Å². The van der Waals surface area contributed by atoms with Crippen molar-refractivity contribution >= 4 is 27.5 Å². The number of hydrogen-bond donors (Lipinski definition) is 1. The third-order valence-electron chi connectivity index (χ3n) is 2.59. The highest BCUT2D eigenvalue weighted by Crippen LogP contribution is 2.36. The highest BCUT2D eigenvalue weighted by Gasteiger charge is 2.15. The molecule has 0 amide bonds. The van der Waals surface area contributed by atoms with Gasteiger partial charge in [0.1, 0.15) is 5.75 Å². The van der Waals surface area contributed by atoms with E-state index in [0.29, 0.717) is 16.3 Å². The molecule has 1 atom stereocenters. The lowest BCUT2D eigenvalue weighted by Gasteiger charge is -2.15. The minimum Gasteiger partial charge on any atom is -0.452 e. The number of rotatable bonds is 3. The Morgan fingerprint density at radius 2 is 2.05 bits per heavy atom. The second-order valence-corrected chi connectivity index (χ2v) is 5.45. The Morgan fingerprint density at radius 1 is 1.32 bits per heavy atom. The number of benzene rings is 2. The fraction of sp³-hybridized carbons (Fsp3) is 0.143. The standard InChI is InChI=1S/C14H12BrClFNO/c1-8(18)10-3-2-4-12(17)14(10)19-13-6-5-9(15)7-11(13)16/h2-8H,18H2,1H3/t8-/m1/s1. The molecule has 0 saturated carbocycles. The second-order valence-electron chi connectivity index (χ2n) is 4.12. The molecule has 0 heterocycles. The van der Waals surface area contributed by atoms with Crippen LogP contribution in [-0.2, 0) is 0 Å². The fourth-order valence-electron chi connectivity index (χ4n) is 1.66. The molecule has 0 aromatic heterocycles. The van der Waals surface area contributed by atoms with E-state index in [9.17, 15) is 4.39 Å². The molecule has 0 saturated heterocycles. The molecule has 0 unspecified atom stereocenters. The molecule has 0 aliphatic rings. The highest BCUT2D eigenvalue weighted by atomic mass is 79.9. The summed E-state index contributed by atoms with van der Waals surface area (Å²) in [7, 11) is 0. The maximum Gasteiger partial charge on any atom is 0.167 e. The molecule has 0 aliphatic heterocycles. The zero-order valence-corrected chi connectivity index (χ0v) is 12.5. The van der Waals surface area contributed by atoms with Crippen LogP contribution in [-0.4, -0.2) is 0 Å². The summed E-state index contributed by atoms with van der Waals surface area (Å²) in [6, 6.07) is 9.45. The molecular weight excluding hydrogens is 333 g/mol. The fourth-order valence-corrected chi connectivity index (χ4v) is 2.37. The van der Waals surface area contributed by atoms with Gasteiger partial charge in [0.25, 0.3) is 0 Å². The van der Waals surface area contributed by atoms with E-state index in [1.807, 2.05) is 0 Å². The van der Waals surface area contributed by atoms with Gasteiger partial charge in [0.05, 0.1) is 5.02 Å². The number of hydrogen-bond acceptors (Lipinski definition) is 2. The summed E-state index contributed by atoms with van der Waals surface area (Å²) in [4.78, 5) is 0. The lowest BCUT2D eigenvalue weighted by molar-refractivity contribution is 0.433. The van der Waals surface area contributed by atoms with Gasteiger partial charge in [-0.3, -0.25) is 0 Å². The van der Waals surface area contributed by atoms with Crippen LogP contribution in [0.2, 0.25) is 5.02 Å². The van der Waals surface area contributed by atoms with Crippen molar-refractivity contribution in [3.8, 4) is 11.5 Å². The van der Waals surface area contributed by atoms with Crippen LogP contribution < -0.4 is 10.5 Å². The quantitative estimate of drug-likeness (QED) is 0.845. The first-order chi connectivity index (χ1) is 8.99. The van der Waals surface area contributed by atoms with E-state index in [1.165, 1.54) is 6.07 Å². The van der Waals surface area contributed by atoms with Gasteiger partial charge in [-0.05, 0) is 31.2 Å². The van der Waals surface area contributed by atoms with Crippen molar-refractivity contribution < 1.29 is 9.13 Å². The van der Waals surface area contributed by atoms with Crippen molar-refractivity contribution in [2.24, 2.45) is 5.73 Å². The average Bonchev–Trinajstić information content (AvgIpc) is 2.34. The van der Waals surface area contributed by atoms with Crippen LogP contribution in [0.1, 0.15) is 18.5 Å². The topological polar surface area (TPSA) is 35.2 Å². The summed E-state index contributed by atoms with van der Waals surface area (Å²) < 4.78 is 20.3. The van der Waals surface area contributed by atoms with Gasteiger partial charge >= 0.3 is 0 Å². The molecule has 2 rings (SSSR count). The SMILES string of the molecule is C[C@@H](N)c1cccc(F)c1Oc1ccc(Br)cc1Cl. The Bertz CT molecular complexity index is 604. The summed E-state index contributed by atoms with van der Waals surface area (Å²) in [5, 5.41) is 0.397. The zero-order chi connectivity index (χ0) is 14.0. The molecule has 0 spiro atoms. The van der Waals surface area contributed by atoms with E-state index in [1.54, 1.807) is 37.3 Å². The van der Waals surface area contributed by atoms with Crippen LogP contribution in [0.25, 0.3) is 0 Å². The Hall–Kier alpha value is -1.10. The van der Waals surface area contributed by atoms with Crippen LogP contribution in [0.15, 0.2) is 40.9 Å². The zero-order valence-electron chi connectivity index (χ0n) is 10.2. The monoisotopic (exact) mass is 343 g/mol. The molecule has 0 bridgehead atoms. The lowest BCUT2D eigenvalue weighted by atomic mass is 10.1. The smallest absolute Gasteiger partial charge is 0.167 e. The van der Waals surface area contributed by atoms with Crippen molar-refractivity contribution in [1.29, 1.82) is 0 Å². The van der Waals surface area contributed by atoms with Gasteiger partial charge in [0.15, 0.2) is 11.6 Å². The van der Waals surface area contributed by atoms with Crippen LogP contribution in [0.3, 0.4) is 0 Å². The molecule has 2 nitrogen and oxygen atoms in total. The summed E-state index contributed by atoms with van der Waals surface area (Å²) >= 11 is 9.35. The molecule has 0 fully saturated rings. The summed E-state index contributed by atoms with van der Waals surface area (Å²) in [5.74, 6) is 0.0346. The Balaban J connectivity index is 2.43. The van der Waals surface area contributed by atoms with E-state index in [2.05, 4.69) is 15.9 Å². The number of ether oxygens (including phenoxy) is 1.